The van der Waals surface area contributed by atoms with Crippen LogP contribution in [0, 0.1) is 13.8 Å². The van der Waals surface area contributed by atoms with Gasteiger partial charge in [0.2, 0.25) is 0 Å². The Morgan fingerprint density at radius 3 is 1.85 bits per heavy atom. The summed E-state index contributed by atoms with van der Waals surface area (Å²) < 4.78 is 31.9. The number of rotatable bonds is 4. The highest BCUT2D eigenvalue weighted by atomic mass is 32.2. The zero-order valence-electron chi connectivity index (χ0n) is 15.5. The Balaban J connectivity index is 2.87. The lowest BCUT2D eigenvalue weighted by atomic mass is 10.0. The number of carbonyl (C=O) groups excluding carboxylic acids is 2. The van der Waals surface area contributed by atoms with Crippen molar-refractivity contribution in [2.24, 2.45) is 0 Å². The number of pyridine rings is 1. The number of ether oxygens (including phenoxy) is 4. The molecule has 0 aliphatic carbocycles. The Labute approximate surface area is 158 Å². The van der Waals surface area contributed by atoms with Crippen LogP contribution in [-0.2, 0) is 20.3 Å². The molecular formula is C18H19NO7S. The summed E-state index contributed by atoms with van der Waals surface area (Å²) in [6.45, 7) is 3.25. The van der Waals surface area contributed by atoms with Gasteiger partial charge in [0.1, 0.15) is 0 Å². The molecule has 1 aromatic carbocycles. The van der Waals surface area contributed by atoms with E-state index in [0.29, 0.717) is 21.8 Å². The number of aromatic nitrogens is 1. The quantitative estimate of drug-likeness (QED) is 0.729. The maximum absolute atomic E-state index is 12.2. The van der Waals surface area contributed by atoms with Crippen molar-refractivity contribution in [3.05, 3.63) is 35.7 Å². The fourth-order valence-corrected chi connectivity index (χ4v) is 3.24. The van der Waals surface area contributed by atoms with Gasteiger partial charge in [-0.3, -0.25) is 9.19 Å². The van der Waals surface area contributed by atoms with Gasteiger partial charge < -0.3 is 18.9 Å². The summed E-state index contributed by atoms with van der Waals surface area (Å²) in [4.78, 5) is 28.2. The molecule has 0 saturated carbocycles. The van der Waals surface area contributed by atoms with E-state index >= 15 is 0 Å². The third-order valence-electron chi connectivity index (χ3n) is 3.62. The summed E-state index contributed by atoms with van der Waals surface area (Å²) in [6.07, 6.45) is -0.422. The molecule has 8 nitrogen and oxygen atoms in total. The molecule has 2 aromatic rings. The van der Waals surface area contributed by atoms with Crippen LogP contribution >= 0.6 is 0 Å². The summed E-state index contributed by atoms with van der Waals surface area (Å²) in [5.74, 6) is 0.0634. The predicted molar refractivity (Wildman–Crippen MR) is 97.5 cm³/mol. The molecular weight excluding hydrogens is 374 g/mol. The van der Waals surface area contributed by atoms with Crippen LogP contribution in [0.3, 0.4) is 0 Å². The van der Waals surface area contributed by atoms with Crippen molar-refractivity contribution in [3.63, 3.8) is 0 Å². The zero-order chi connectivity index (χ0) is 20.1. The number of methoxy groups -OCH3 is 2. The smallest absolute Gasteiger partial charge is 0.437 e. The van der Waals surface area contributed by atoms with Crippen LogP contribution in [0.5, 0.6) is 11.5 Å². The minimum Gasteiger partial charge on any atom is -0.437 e. The van der Waals surface area contributed by atoms with E-state index in [9.17, 15) is 13.8 Å². The third-order valence-corrected chi connectivity index (χ3v) is 4.59. The van der Waals surface area contributed by atoms with Gasteiger partial charge in [0.05, 0.1) is 42.0 Å². The molecule has 27 heavy (non-hydrogen) atoms. The number of aryl methyl sites for hydroxylation is 2. The molecule has 1 heterocycles. The van der Waals surface area contributed by atoms with Crippen LogP contribution in [0.25, 0.3) is 11.1 Å². The van der Waals surface area contributed by atoms with Crippen molar-refractivity contribution in [1.29, 1.82) is 0 Å². The van der Waals surface area contributed by atoms with Crippen LogP contribution < -0.4 is 9.47 Å². The molecule has 1 aromatic heterocycles. The second kappa shape index (κ2) is 8.63. The zero-order valence-corrected chi connectivity index (χ0v) is 16.3. The molecule has 0 aliphatic heterocycles. The van der Waals surface area contributed by atoms with Gasteiger partial charge in [-0.2, -0.15) is 0 Å². The van der Waals surface area contributed by atoms with Crippen LogP contribution in [0.2, 0.25) is 0 Å². The van der Waals surface area contributed by atoms with E-state index in [1.54, 1.807) is 38.1 Å². The van der Waals surface area contributed by atoms with E-state index in [2.05, 4.69) is 14.5 Å². The first kappa shape index (κ1) is 20.4. The Morgan fingerprint density at radius 2 is 1.41 bits per heavy atom. The standard InChI is InChI=1S/C18H19NO7S/c1-10-15(25-17(20)23-3)14(12-8-6-7-9-13(12)27(5)22)16(11(2)19-10)26-18(21)24-4/h6-9H,1-5H3. The first-order chi connectivity index (χ1) is 12.8. The second-order valence-corrected chi connectivity index (χ2v) is 6.73. The van der Waals surface area contributed by atoms with Crippen molar-refractivity contribution in [2.75, 3.05) is 20.5 Å². The average Bonchev–Trinajstić information content (AvgIpc) is 2.65. The van der Waals surface area contributed by atoms with Crippen molar-refractivity contribution in [2.45, 2.75) is 18.7 Å². The summed E-state index contributed by atoms with van der Waals surface area (Å²) >= 11 is 0. The monoisotopic (exact) mass is 393 g/mol. The summed E-state index contributed by atoms with van der Waals surface area (Å²) in [5.41, 5.74) is 1.44. The molecule has 0 bridgehead atoms. The van der Waals surface area contributed by atoms with Gasteiger partial charge in [-0.15, -0.1) is 0 Å². The molecule has 1 atom stereocenters. The highest BCUT2D eigenvalue weighted by molar-refractivity contribution is 7.84. The molecule has 0 radical (unpaired) electrons. The van der Waals surface area contributed by atoms with E-state index in [0.717, 1.165) is 0 Å². The maximum Gasteiger partial charge on any atom is 0.513 e. The Hall–Kier alpha value is -2.94. The summed E-state index contributed by atoms with van der Waals surface area (Å²) in [5, 5.41) is 0. The third kappa shape index (κ3) is 4.43. The van der Waals surface area contributed by atoms with Gasteiger partial charge in [-0.05, 0) is 19.9 Å². The highest BCUT2D eigenvalue weighted by Gasteiger charge is 2.26. The number of hydrogen-bond acceptors (Lipinski definition) is 8. The van der Waals surface area contributed by atoms with Crippen molar-refractivity contribution >= 4 is 23.1 Å². The van der Waals surface area contributed by atoms with Crippen LogP contribution in [0.1, 0.15) is 11.4 Å². The molecule has 0 aliphatic rings. The Morgan fingerprint density at radius 1 is 0.926 bits per heavy atom. The van der Waals surface area contributed by atoms with Crippen LogP contribution in [-0.4, -0.2) is 42.0 Å². The average molecular weight is 393 g/mol. The van der Waals surface area contributed by atoms with Gasteiger partial charge in [-0.1, -0.05) is 18.2 Å². The highest BCUT2D eigenvalue weighted by Crippen LogP contribution is 2.44. The number of benzene rings is 1. The van der Waals surface area contributed by atoms with E-state index in [4.69, 9.17) is 9.47 Å². The maximum atomic E-state index is 12.2. The molecule has 144 valence electrons. The summed E-state index contributed by atoms with van der Waals surface area (Å²) in [7, 11) is 0.969. The number of carbonyl (C=O) groups is 2. The fraction of sp³-hybridized carbons (Fsp3) is 0.278. The van der Waals surface area contributed by atoms with Crippen molar-refractivity contribution in [1.82, 2.24) is 4.98 Å². The van der Waals surface area contributed by atoms with Gasteiger partial charge in [0, 0.05) is 16.7 Å². The Bertz CT molecular complexity index is 869. The number of nitrogens with zero attached hydrogens (tertiary/aromatic N) is 1. The van der Waals surface area contributed by atoms with Gasteiger partial charge in [0.15, 0.2) is 11.5 Å². The topological polar surface area (TPSA) is 101 Å². The minimum atomic E-state index is -1.36. The second-order valence-electron chi connectivity index (χ2n) is 5.38. The first-order valence-corrected chi connectivity index (χ1v) is 9.31. The van der Waals surface area contributed by atoms with E-state index < -0.39 is 23.1 Å². The molecule has 0 fully saturated rings. The van der Waals surface area contributed by atoms with E-state index in [-0.39, 0.29) is 17.1 Å². The molecule has 0 amide bonds. The molecule has 0 spiro atoms. The lowest BCUT2D eigenvalue weighted by Crippen LogP contribution is -2.14. The molecule has 2 rings (SSSR count). The van der Waals surface area contributed by atoms with Gasteiger partial charge >= 0.3 is 12.3 Å². The molecule has 0 saturated heterocycles. The Kier molecular flexibility index (Phi) is 6.51. The van der Waals surface area contributed by atoms with Gasteiger partial charge in [0.25, 0.3) is 0 Å². The van der Waals surface area contributed by atoms with E-state index in [1.165, 1.54) is 20.5 Å². The molecule has 1 unspecified atom stereocenters. The number of hydrogen-bond donors (Lipinski definition) is 0. The van der Waals surface area contributed by atoms with E-state index in [1.807, 2.05) is 0 Å². The molecule has 0 N–H and O–H groups in total. The molecule has 9 heteroatoms. The first-order valence-electron chi connectivity index (χ1n) is 7.75. The largest absolute Gasteiger partial charge is 0.513 e. The lowest BCUT2D eigenvalue weighted by molar-refractivity contribution is 0.119. The lowest BCUT2D eigenvalue weighted by Gasteiger charge is -2.19. The minimum absolute atomic E-state index is 0.0317. The SMILES string of the molecule is COC(=O)Oc1c(C)nc(C)c(OC(=O)OC)c1-c1ccccc1S(C)=O. The van der Waals surface area contributed by atoms with Crippen molar-refractivity contribution < 1.29 is 32.7 Å². The predicted octanol–water partition coefficient (Wildman–Crippen LogP) is 3.39. The van der Waals surface area contributed by atoms with Crippen molar-refractivity contribution in [3.8, 4) is 22.6 Å². The van der Waals surface area contributed by atoms with Crippen LogP contribution in [0.4, 0.5) is 9.59 Å². The fourth-order valence-electron chi connectivity index (χ4n) is 2.49. The normalized spacial score (nSPS) is 11.4. The van der Waals surface area contributed by atoms with Crippen LogP contribution in [0.15, 0.2) is 29.2 Å². The van der Waals surface area contributed by atoms with Gasteiger partial charge in [-0.25, -0.2) is 9.59 Å². The summed E-state index contributed by atoms with van der Waals surface area (Å²) in [6, 6.07) is 6.79.